The number of carbonyl (C=O) groups excluding carboxylic acids is 1. The number of hydrogen-bond donors (Lipinski definition) is 1. The Labute approximate surface area is 167 Å². The van der Waals surface area contributed by atoms with Gasteiger partial charge in [0.25, 0.3) is 5.89 Å². The molecule has 0 fully saturated rings. The minimum absolute atomic E-state index is 0.0416. The maximum atomic E-state index is 13.5. The van der Waals surface area contributed by atoms with E-state index in [1.54, 1.807) is 50.6 Å². The van der Waals surface area contributed by atoms with Crippen LogP contribution < -0.4 is 14.8 Å². The molecule has 0 atom stereocenters. The average Bonchev–Trinajstić information content (AvgIpc) is 3.19. The van der Waals surface area contributed by atoms with E-state index in [0.717, 1.165) is 0 Å². The first-order chi connectivity index (χ1) is 14.0. The second-order valence-electron chi connectivity index (χ2n) is 6.16. The molecule has 29 heavy (non-hydrogen) atoms. The number of aromatic nitrogens is 2. The first-order valence-corrected chi connectivity index (χ1v) is 8.90. The number of nitrogens with one attached hydrogen (secondary N) is 1. The lowest BCUT2D eigenvalue weighted by Gasteiger charge is -2.17. The van der Waals surface area contributed by atoms with Crippen LogP contribution in [0.4, 0.5) is 14.9 Å². The van der Waals surface area contributed by atoms with Gasteiger partial charge in [0.2, 0.25) is 0 Å². The molecule has 0 spiro atoms. The maximum absolute atomic E-state index is 13.5. The second kappa shape index (κ2) is 9.54. The fraction of sp³-hybridized carbons (Fsp3) is 0.250. The van der Waals surface area contributed by atoms with Gasteiger partial charge < -0.3 is 24.2 Å². The lowest BCUT2D eigenvalue weighted by molar-refractivity contribution is 0.222. The molecule has 8 nitrogen and oxygen atoms in total. The van der Waals surface area contributed by atoms with Crippen molar-refractivity contribution in [2.45, 2.75) is 13.0 Å². The number of hydrogen-bond acceptors (Lipinski definition) is 6. The third-order valence-electron chi connectivity index (χ3n) is 4.04. The van der Waals surface area contributed by atoms with Gasteiger partial charge in [0.1, 0.15) is 5.75 Å². The van der Waals surface area contributed by atoms with Crippen LogP contribution in [0.3, 0.4) is 0 Å². The number of likely N-dealkylation sites (N-methyl/N-ethyl adjacent to an activating group) is 1. The molecular weight excluding hydrogens is 379 g/mol. The molecule has 1 N–H and O–H groups in total. The maximum Gasteiger partial charge on any atom is 0.321 e. The normalized spacial score (nSPS) is 10.4. The Morgan fingerprint density at radius 2 is 2.07 bits per heavy atom. The lowest BCUT2D eigenvalue weighted by Crippen LogP contribution is -2.33. The third-order valence-corrected chi connectivity index (χ3v) is 4.04. The van der Waals surface area contributed by atoms with Crippen LogP contribution in [0.5, 0.6) is 11.5 Å². The van der Waals surface area contributed by atoms with E-state index in [9.17, 15) is 9.18 Å². The SMILES string of the molecule is COc1cccc(NC(=O)N(C)CCc2noc(COc3ccccc3F)n2)c1. The van der Waals surface area contributed by atoms with Gasteiger partial charge in [0.05, 0.1) is 7.11 Å². The van der Waals surface area contributed by atoms with Gasteiger partial charge >= 0.3 is 6.03 Å². The zero-order valence-electron chi connectivity index (χ0n) is 16.1. The van der Waals surface area contributed by atoms with Crippen LogP contribution in [0.2, 0.25) is 0 Å². The molecule has 152 valence electrons. The molecule has 3 aromatic rings. The third kappa shape index (κ3) is 5.68. The van der Waals surface area contributed by atoms with Gasteiger partial charge in [-0.15, -0.1) is 0 Å². The van der Waals surface area contributed by atoms with Gasteiger partial charge in [-0.05, 0) is 24.3 Å². The summed E-state index contributed by atoms with van der Waals surface area (Å²) in [6.45, 7) is 0.336. The van der Waals surface area contributed by atoms with Crippen molar-refractivity contribution in [1.82, 2.24) is 15.0 Å². The molecule has 0 saturated heterocycles. The highest BCUT2D eigenvalue weighted by molar-refractivity contribution is 5.89. The summed E-state index contributed by atoms with van der Waals surface area (Å²) in [7, 11) is 3.23. The van der Waals surface area contributed by atoms with Crippen molar-refractivity contribution in [1.29, 1.82) is 0 Å². The summed E-state index contributed by atoms with van der Waals surface area (Å²) in [4.78, 5) is 18.0. The number of nitrogens with zero attached hydrogens (tertiary/aromatic N) is 3. The van der Waals surface area contributed by atoms with Crippen molar-refractivity contribution in [3.05, 3.63) is 66.1 Å². The molecule has 1 aromatic heterocycles. The fourth-order valence-electron chi connectivity index (χ4n) is 2.44. The molecule has 0 saturated carbocycles. The Morgan fingerprint density at radius 1 is 1.24 bits per heavy atom. The van der Waals surface area contributed by atoms with Crippen LogP contribution in [0.15, 0.2) is 53.1 Å². The van der Waals surface area contributed by atoms with Gasteiger partial charge in [-0.25, -0.2) is 9.18 Å². The van der Waals surface area contributed by atoms with E-state index < -0.39 is 5.82 Å². The summed E-state index contributed by atoms with van der Waals surface area (Å²) < 4.78 is 29.1. The van der Waals surface area contributed by atoms with Gasteiger partial charge in [-0.3, -0.25) is 0 Å². The van der Waals surface area contributed by atoms with E-state index in [0.29, 0.717) is 30.2 Å². The summed E-state index contributed by atoms with van der Waals surface area (Å²) in [6, 6.07) is 12.9. The zero-order chi connectivity index (χ0) is 20.6. The van der Waals surface area contributed by atoms with Crippen LogP contribution in [-0.2, 0) is 13.0 Å². The van der Waals surface area contributed by atoms with E-state index in [-0.39, 0.29) is 24.3 Å². The highest BCUT2D eigenvalue weighted by atomic mass is 19.1. The van der Waals surface area contributed by atoms with Gasteiger partial charge in [-0.1, -0.05) is 23.4 Å². The average molecular weight is 400 g/mol. The van der Waals surface area contributed by atoms with Gasteiger partial charge in [-0.2, -0.15) is 4.98 Å². The summed E-state index contributed by atoms with van der Waals surface area (Å²) in [6.07, 6.45) is 0.394. The standard InChI is InChI=1S/C20H21FN4O4/c1-25(20(26)22-14-6-5-7-15(12-14)27-2)11-10-18-23-19(29-24-18)13-28-17-9-4-3-8-16(17)21/h3-9,12H,10-11,13H2,1-2H3,(H,22,26). The molecule has 9 heteroatoms. The van der Waals surface area contributed by atoms with Crippen molar-refractivity contribution in [2.24, 2.45) is 0 Å². The smallest absolute Gasteiger partial charge is 0.321 e. The van der Waals surface area contributed by atoms with Crippen LogP contribution in [0, 0.1) is 5.82 Å². The van der Waals surface area contributed by atoms with Crippen molar-refractivity contribution < 1.29 is 23.2 Å². The topological polar surface area (TPSA) is 89.7 Å². The molecule has 3 rings (SSSR count). The first-order valence-electron chi connectivity index (χ1n) is 8.90. The molecule has 0 radical (unpaired) electrons. The molecule has 0 unspecified atom stereocenters. The number of para-hydroxylation sites is 1. The largest absolute Gasteiger partial charge is 0.497 e. The lowest BCUT2D eigenvalue weighted by atomic mass is 10.3. The van der Waals surface area contributed by atoms with E-state index in [1.165, 1.54) is 17.0 Å². The fourth-order valence-corrected chi connectivity index (χ4v) is 2.44. The van der Waals surface area contributed by atoms with Crippen LogP contribution in [-0.4, -0.2) is 41.8 Å². The van der Waals surface area contributed by atoms with Crippen molar-refractivity contribution in [3.8, 4) is 11.5 Å². The molecule has 0 aliphatic heterocycles. The highest BCUT2D eigenvalue weighted by Crippen LogP contribution is 2.18. The minimum atomic E-state index is -0.462. The summed E-state index contributed by atoms with van der Waals surface area (Å²) in [5.74, 6) is 0.962. The van der Waals surface area contributed by atoms with Gasteiger partial charge in [0, 0.05) is 31.8 Å². The Kier molecular flexibility index (Phi) is 6.62. The van der Waals surface area contributed by atoms with E-state index in [2.05, 4.69) is 15.5 Å². The quantitative estimate of drug-likeness (QED) is 0.622. The number of anilines is 1. The molecule has 0 bridgehead atoms. The number of amides is 2. The summed E-state index contributed by atoms with van der Waals surface area (Å²) in [5.41, 5.74) is 0.633. The van der Waals surface area contributed by atoms with E-state index in [1.807, 2.05) is 0 Å². The Hall–Kier alpha value is -3.62. The molecule has 2 aromatic carbocycles. The number of methoxy groups -OCH3 is 1. The monoisotopic (exact) mass is 400 g/mol. The number of ether oxygens (including phenoxy) is 2. The predicted octanol–water partition coefficient (Wildman–Crippen LogP) is 3.50. The zero-order valence-corrected chi connectivity index (χ0v) is 16.1. The molecule has 2 amide bonds. The van der Waals surface area contributed by atoms with Crippen LogP contribution in [0.25, 0.3) is 0 Å². The Morgan fingerprint density at radius 3 is 2.86 bits per heavy atom. The van der Waals surface area contributed by atoms with Crippen LogP contribution >= 0.6 is 0 Å². The molecule has 1 heterocycles. The summed E-state index contributed by atoms with van der Waals surface area (Å²) >= 11 is 0. The van der Waals surface area contributed by atoms with Crippen molar-refractivity contribution >= 4 is 11.7 Å². The highest BCUT2D eigenvalue weighted by Gasteiger charge is 2.13. The first kappa shape index (κ1) is 20.1. The van der Waals surface area contributed by atoms with E-state index in [4.69, 9.17) is 14.0 Å². The van der Waals surface area contributed by atoms with E-state index >= 15 is 0 Å². The predicted molar refractivity (Wildman–Crippen MR) is 103 cm³/mol. The van der Waals surface area contributed by atoms with Crippen molar-refractivity contribution in [3.63, 3.8) is 0 Å². The number of carbonyl (C=O) groups is 1. The second-order valence-corrected chi connectivity index (χ2v) is 6.16. The Bertz CT molecular complexity index is 963. The number of rotatable bonds is 8. The minimum Gasteiger partial charge on any atom is -0.497 e. The molecular formula is C20H21FN4O4. The molecule has 0 aliphatic rings. The number of benzene rings is 2. The molecule has 0 aliphatic carbocycles. The summed E-state index contributed by atoms with van der Waals surface area (Å²) in [5, 5.41) is 6.64. The number of halogens is 1. The number of urea groups is 1. The Balaban J connectivity index is 1.47. The van der Waals surface area contributed by atoms with Crippen LogP contribution in [0.1, 0.15) is 11.7 Å². The van der Waals surface area contributed by atoms with Crippen molar-refractivity contribution in [2.75, 3.05) is 26.0 Å². The van der Waals surface area contributed by atoms with Gasteiger partial charge in [0.15, 0.2) is 24.0 Å².